The van der Waals surface area contributed by atoms with Gasteiger partial charge in [-0.2, -0.15) is 0 Å². The molecule has 1 aromatic heterocycles. The molecule has 0 aliphatic rings. The lowest BCUT2D eigenvalue weighted by molar-refractivity contribution is -0.139. The largest absolute Gasteiger partial charge is 0.497 e. The lowest BCUT2D eigenvalue weighted by atomic mass is 9.91. The number of esters is 1. The zero-order valence-corrected chi connectivity index (χ0v) is 18.0. The molecule has 0 bridgehead atoms. The zero-order chi connectivity index (χ0) is 21.3. The van der Waals surface area contributed by atoms with E-state index in [1.807, 2.05) is 48.7 Å². The van der Waals surface area contributed by atoms with Crippen LogP contribution in [0.3, 0.4) is 0 Å². The van der Waals surface area contributed by atoms with Crippen LogP contribution in [0.15, 0.2) is 54.7 Å². The summed E-state index contributed by atoms with van der Waals surface area (Å²) in [4.78, 5) is 27.1. The van der Waals surface area contributed by atoms with E-state index in [1.165, 1.54) is 11.8 Å². The van der Waals surface area contributed by atoms with Crippen molar-refractivity contribution in [3.63, 3.8) is 0 Å². The number of rotatable bonds is 10. The maximum atomic E-state index is 12.3. The van der Waals surface area contributed by atoms with Gasteiger partial charge in [0.1, 0.15) is 5.75 Å². The lowest BCUT2D eigenvalue weighted by Crippen LogP contribution is -2.30. The highest BCUT2D eigenvalue weighted by molar-refractivity contribution is 8.00. The fraction of sp³-hybridized carbons (Fsp3) is 0.304. The fourth-order valence-corrected chi connectivity index (χ4v) is 3.96. The average molecular weight is 427 g/mol. The van der Waals surface area contributed by atoms with Crippen molar-refractivity contribution in [2.24, 2.45) is 0 Å². The van der Waals surface area contributed by atoms with E-state index in [0.717, 1.165) is 27.8 Å². The molecule has 1 amide bonds. The molecule has 0 spiro atoms. The Bertz CT molecular complexity index is 984. The highest BCUT2D eigenvalue weighted by Crippen LogP contribution is 2.31. The number of para-hydroxylation sites is 1. The summed E-state index contributed by atoms with van der Waals surface area (Å²) >= 11 is 1.25. The summed E-state index contributed by atoms with van der Waals surface area (Å²) in [6.45, 7) is 2.56. The van der Waals surface area contributed by atoms with Gasteiger partial charge in [0.15, 0.2) is 0 Å². The zero-order valence-electron chi connectivity index (χ0n) is 17.1. The second-order valence-corrected chi connectivity index (χ2v) is 7.70. The van der Waals surface area contributed by atoms with Crippen LogP contribution in [0.5, 0.6) is 5.75 Å². The van der Waals surface area contributed by atoms with Gasteiger partial charge in [0, 0.05) is 29.6 Å². The van der Waals surface area contributed by atoms with Gasteiger partial charge in [-0.05, 0) is 36.2 Å². The van der Waals surface area contributed by atoms with E-state index in [9.17, 15) is 9.59 Å². The molecule has 1 unspecified atom stereocenters. The van der Waals surface area contributed by atoms with Crippen molar-refractivity contribution in [2.45, 2.75) is 12.8 Å². The topological polar surface area (TPSA) is 80.4 Å². The van der Waals surface area contributed by atoms with E-state index in [0.29, 0.717) is 13.2 Å². The molecule has 2 aromatic carbocycles. The van der Waals surface area contributed by atoms with E-state index in [-0.39, 0.29) is 29.3 Å². The number of carbonyl (C=O) groups excluding carboxylic acids is 2. The number of hydrogen-bond acceptors (Lipinski definition) is 5. The van der Waals surface area contributed by atoms with Gasteiger partial charge >= 0.3 is 5.97 Å². The predicted molar refractivity (Wildman–Crippen MR) is 120 cm³/mol. The van der Waals surface area contributed by atoms with Gasteiger partial charge in [0.25, 0.3) is 0 Å². The van der Waals surface area contributed by atoms with Crippen LogP contribution in [-0.4, -0.2) is 48.6 Å². The second-order valence-electron chi connectivity index (χ2n) is 6.72. The molecule has 7 heteroatoms. The first-order valence-electron chi connectivity index (χ1n) is 9.82. The summed E-state index contributed by atoms with van der Waals surface area (Å²) in [6, 6.07) is 16.0. The lowest BCUT2D eigenvalue weighted by Gasteiger charge is -2.18. The van der Waals surface area contributed by atoms with Gasteiger partial charge in [-0.3, -0.25) is 9.59 Å². The van der Waals surface area contributed by atoms with Crippen molar-refractivity contribution in [3.8, 4) is 5.75 Å². The summed E-state index contributed by atoms with van der Waals surface area (Å²) < 4.78 is 10.2. The maximum absolute atomic E-state index is 12.3. The highest BCUT2D eigenvalue weighted by atomic mass is 32.2. The number of benzene rings is 2. The number of methoxy groups -OCH3 is 1. The van der Waals surface area contributed by atoms with Gasteiger partial charge in [0.05, 0.1) is 25.2 Å². The van der Waals surface area contributed by atoms with Crippen molar-refractivity contribution >= 4 is 34.5 Å². The molecule has 158 valence electrons. The quantitative estimate of drug-likeness (QED) is 0.483. The van der Waals surface area contributed by atoms with E-state index < -0.39 is 0 Å². The first kappa shape index (κ1) is 21.8. The molecule has 0 fully saturated rings. The van der Waals surface area contributed by atoms with E-state index in [2.05, 4.69) is 16.4 Å². The normalized spacial score (nSPS) is 11.8. The number of thioether (sulfide) groups is 1. The predicted octanol–water partition coefficient (Wildman–Crippen LogP) is 3.72. The first-order chi connectivity index (χ1) is 14.6. The number of aromatic nitrogens is 1. The smallest absolute Gasteiger partial charge is 0.315 e. The Labute approximate surface area is 180 Å². The first-order valence-corrected chi connectivity index (χ1v) is 11.0. The Hall–Kier alpha value is -2.93. The van der Waals surface area contributed by atoms with Crippen LogP contribution in [0.25, 0.3) is 10.9 Å². The molecule has 2 N–H and O–H groups in total. The Morgan fingerprint density at radius 1 is 1.10 bits per heavy atom. The summed E-state index contributed by atoms with van der Waals surface area (Å²) in [5.74, 6) is 0.739. The number of carbonyl (C=O) groups is 2. The molecule has 1 heterocycles. The van der Waals surface area contributed by atoms with Crippen LogP contribution >= 0.6 is 11.8 Å². The van der Waals surface area contributed by atoms with Crippen LogP contribution < -0.4 is 10.1 Å². The van der Waals surface area contributed by atoms with Gasteiger partial charge in [-0.15, -0.1) is 11.8 Å². The molecule has 0 saturated heterocycles. The van der Waals surface area contributed by atoms with Gasteiger partial charge in [-0.1, -0.05) is 30.3 Å². The molecule has 0 saturated carbocycles. The maximum Gasteiger partial charge on any atom is 0.315 e. The van der Waals surface area contributed by atoms with Crippen LogP contribution in [-0.2, 0) is 14.3 Å². The molecule has 3 aromatic rings. The molecule has 0 aliphatic heterocycles. The monoisotopic (exact) mass is 426 g/mol. The number of ether oxygens (including phenoxy) is 2. The van der Waals surface area contributed by atoms with Crippen LogP contribution in [0.1, 0.15) is 24.0 Å². The second kappa shape index (κ2) is 10.7. The van der Waals surface area contributed by atoms with Gasteiger partial charge < -0.3 is 19.8 Å². The van der Waals surface area contributed by atoms with E-state index in [1.54, 1.807) is 14.0 Å². The van der Waals surface area contributed by atoms with Crippen LogP contribution in [0.4, 0.5) is 0 Å². The highest BCUT2D eigenvalue weighted by Gasteiger charge is 2.19. The van der Waals surface area contributed by atoms with Gasteiger partial charge in [0.2, 0.25) is 5.91 Å². The van der Waals surface area contributed by atoms with Crippen molar-refractivity contribution < 1.29 is 19.1 Å². The Morgan fingerprint density at radius 2 is 1.87 bits per heavy atom. The Balaban J connectivity index is 1.72. The molecule has 6 nitrogen and oxygen atoms in total. The molecule has 0 aliphatic carbocycles. The number of nitrogens with one attached hydrogen (secondary N) is 2. The summed E-state index contributed by atoms with van der Waals surface area (Å²) in [6.07, 6.45) is 2.00. The fourth-order valence-electron chi connectivity index (χ4n) is 3.32. The SMILES string of the molecule is CCOC(=O)CSCC(=O)NCC(c1ccc(OC)cc1)c1c[nH]c2ccccc12. The number of amides is 1. The molecule has 1 atom stereocenters. The number of aromatic amines is 1. The van der Waals surface area contributed by atoms with Crippen molar-refractivity contribution in [2.75, 3.05) is 31.8 Å². The minimum Gasteiger partial charge on any atom is -0.497 e. The van der Waals surface area contributed by atoms with Gasteiger partial charge in [-0.25, -0.2) is 0 Å². The number of hydrogen-bond donors (Lipinski definition) is 2. The molecule has 0 radical (unpaired) electrons. The molecular weight excluding hydrogens is 400 g/mol. The third-order valence-electron chi connectivity index (χ3n) is 4.78. The molecular formula is C23H26N2O4S. The third-order valence-corrected chi connectivity index (χ3v) is 5.68. The molecule has 3 rings (SSSR count). The summed E-state index contributed by atoms with van der Waals surface area (Å²) in [7, 11) is 1.64. The number of H-pyrrole nitrogens is 1. The summed E-state index contributed by atoms with van der Waals surface area (Å²) in [5.41, 5.74) is 3.26. The van der Waals surface area contributed by atoms with Crippen molar-refractivity contribution in [1.82, 2.24) is 10.3 Å². The molecule has 30 heavy (non-hydrogen) atoms. The minimum absolute atomic E-state index is 0.0222. The Kier molecular flexibility index (Phi) is 7.79. The van der Waals surface area contributed by atoms with Crippen LogP contribution in [0.2, 0.25) is 0 Å². The third kappa shape index (κ3) is 5.57. The number of fused-ring (bicyclic) bond motifs is 1. The summed E-state index contributed by atoms with van der Waals surface area (Å²) in [5, 5.41) is 4.14. The van der Waals surface area contributed by atoms with E-state index >= 15 is 0 Å². The van der Waals surface area contributed by atoms with Crippen molar-refractivity contribution in [1.29, 1.82) is 0 Å². The van der Waals surface area contributed by atoms with Crippen molar-refractivity contribution in [3.05, 3.63) is 65.9 Å². The minimum atomic E-state index is -0.301. The Morgan fingerprint density at radius 3 is 2.60 bits per heavy atom. The average Bonchev–Trinajstić information content (AvgIpc) is 3.18. The standard InChI is InChI=1S/C23H26N2O4S/c1-3-29-23(27)15-30-14-22(26)25-12-19(16-8-10-17(28-2)11-9-16)20-13-24-21-7-5-4-6-18(20)21/h4-11,13,19,24H,3,12,14-15H2,1-2H3,(H,25,26). The van der Waals surface area contributed by atoms with E-state index in [4.69, 9.17) is 9.47 Å². The van der Waals surface area contributed by atoms with Crippen LogP contribution in [0, 0.1) is 0 Å².